The molecule has 1 aromatic carbocycles. The zero-order valence-corrected chi connectivity index (χ0v) is 14.6. The third kappa shape index (κ3) is 2.00. The number of aryl methyl sites for hydroxylation is 1. The Morgan fingerprint density at radius 2 is 2.12 bits per heavy atom. The molecule has 0 spiro atoms. The highest BCUT2D eigenvalue weighted by atomic mass is 16.6. The molecule has 0 amide bonds. The number of fused-ring (bicyclic) bond motifs is 7. The zero-order valence-electron chi connectivity index (χ0n) is 14.6. The van der Waals surface area contributed by atoms with E-state index in [-0.39, 0.29) is 35.9 Å². The molecule has 3 aliphatic carbocycles. The number of aliphatic hydroxyl groups excluding tert-OH is 1. The monoisotopic (exact) mass is 342 g/mol. The number of carbonyl (C=O) groups excluding carboxylic acids is 1. The molecular formula is C21H26O4. The quantitative estimate of drug-likeness (QED) is 0.770. The molecule has 25 heavy (non-hydrogen) atoms. The maximum Gasteiger partial charge on any atom is 0.312 e. The van der Waals surface area contributed by atoms with Crippen LogP contribution >= 0.6 is 0 Å². The number of phenolic OH excluding ortho intramolecular Hbond substituents is 1. The van der Waals surface area contributed by atoms with Gasteiger partial charge in [-0.1, -0.05) is 13.0 Å². The summed E-state index contributed by atoms with van der Waals surface area (Å²) in [5.41, 5.74) is 2.78. The number of benzene rings is 1. The van der Waals surface area contributed by atoms with E-state index in [1.165, 1.54) is 11.1 Å². The lowest BCUT2D eigenvalue weighted by Crippen LogP contribution is -2.44. The topological polar surface area (TPSA) is 66.8 Å². The van der Waals surface area contributed by atoms with Crippen LogP contribution in [0, 0.1) is 29.1 Å². The highest BCUT2D eigenvalue weighted by Crippen LogP contribution is 2.65. The van der Waals surface area contributed by atoms with Gasteiger partial charge in [-0.25, -0.2) is 0 Å². The zero-order chi connectivity index (χ0) is 17.3. The van der Waals surface area contributed by atoms with E-state index in [9.17, 15) is 15.0 Å². The Balaban J connectivity index is 1.49. The first-order chi connectivity index (χ1) is 12.0. The summed E-state index contributed by atoms with van der Waals surface area (Å²) in [6.45, 7) is 2.23. The summed E-state index contributed by atoms with van der Waals surface area (Å²) in [5, 5.41) is 19.5. The average Bonchev–Trinajstić information content (AvgIpc) is 3.06. The van der Waals surface area contributed by atoms with Crippen molar-refractivity contribution in [1.82, 2.24) is 0 Å². The number of aromatic hydroxyl groups is 1. The number of aliphatic hydroxyl groups is 1. The Bertz CT molecular complexity index is 729. The van der Waals surface area contributed by atoms with Crippen molar-refractivity contribution in [1.29, 1.82) is 0 Å². The molecule has 4 nitrogen and oxygen atoms in total. The Kier molecular flexibility index (Phi) is 3.28. The van der Waals surface area contributed by atoms with E-state index < -0.39 is 0 Å². The van der Waals surface area contributed by atoms with Gasteiger partial charge in [0.2, 0.25) is 0 Å². The van der Waals surface area contributed by atoms with Crippen molar-refractivity contribution in [3.8, 4) is 5.75 Å². The minimum atomic E-state index is -0.321. The van der Waals surface area contributed by atoms with Crippen LogP contribution < -0.4 is 0 Å². The molecule has 7 atom stereocenters. The minimum Gasteiger partial charge on any atom is -0.508 e. The van der Waals surface area contributed by atoms with E-state index in [4.69, 9.17) is 4.74 Å². The molecule has 5 rings (SSSR count). The molecule has 2 unspecified atom stereocenters. The molecule has 1 heterocycles. The first kappa shape index (κ1) is 15.7. The van der Waals surface area contributed by atoms with Crippen LogP contribution in [0.4, 0.5) is 0 Å². The van der Waals surface area contributed by atoms with E-state index in [0.717, 1.165) is 32.1 Å². The molecule has 4 aliphatic rings. The van der Waals surface area contributed by atoms with Gasteiger partial charge in [0.25, 0.3) is 0 Å². The molecular weight excluding hydrogens is 316 g/mol. The Hall–Kier alpha value is -1.55. The molecule has 4 heteroatoms. The predicted octanol–water partition coefficient (Wildman–Crippen LogP) is 3.01. The first-order valence-corrected chi connectivity index (χ1v) is 9.66. The molecule has 134 valence electrons. The maximum absolute atomic E-state index is 12.1. The molecule has 2 saturated carbocycles. The fourth-order valence-electron chi connectivity index (χ4n) is 6.81. The maximum atomic E-state index is 12.1. The SMILES string of the molecule is C[C@]12CC[C@@H]3c4ccc(O)cc4CC[C@H]3[C@@H]1C[C@@H]1C(CO)C(=O)OC12. The van der Waals surface area contributed by atoms with Crippen LogP contribution in [0.5, 0.6) is 5.75 Å². The average molecular weight is 342 g/mol. The summed E-state index contributed by atoms with van der Waals surface area (Å²) >= 11 is 0. The standard InChI is InChI=1S/C21H26O4/c1-21-7-6-14-13-5-3-12(23)8-11(13)2-4-15(14)18(21)9-16-17(10-22)20(24)25-19(16)21/h3,5,8,14-19,22-23H,2,4,6-7,9-10H2,1H3/t14-,15-,16-,17?,18+,19?,21+/m1/s1. The van der Waals surface area contributed by atoms with Crippen LogP contribution in [0.3, 0.4) is 0 Å². The van der Waals surface area contributed by atoms with Gasteiger partial charge in [-0.15, -0.1) is 0 Å². The van der Waals surface area contributed by atoms with Crippen LogP contribution in [-0.4, -0.2) is 28.9 Å². The van der Waals surface area contributed by atoms with Crippen molar-refractivity contribution < 1.29 is 19.7 Å². The smallest absolute Gasteiger partial charge is 0.312 e. The van der Waals surface area contributed by atoms with Gasteiger partial charge in [0.1, 0.15) is 11.9 Å². The van der Waals surface area contributed by atoms with Crippen molar-refractivity contribution in [3.05, 3.63) is 29.3 Å². The lowest BCUT2D eigenvalue weighted by molar-refractivity contribution is -0.152. The largest absolute Gasteiger partial charge is 0.508 e. The van der Waals surface area contributed by atoms with E-state index in [1.54, 1.807) is 0 Å². The summed E-state index contributed by atoms with van der Waals surface area (Å²) in [6.07, 6.45) is 5.37. The molecule has 1 aliphatic heterocycles. The molecule has 3 fully saturated rings. The molecule has 1 aromatic rings. The predicted molar refractivity (Wildman–Crippen MR) is 92.1 cm³/mol. The molecule has 0 aromatic heterocycles. The van der Waals surface area contributed by atoms with Crippen LogP contribution in [0.25, 0.3) is 0 Å². The number of carbonyl (C=O) groups is 1. The fourth-order valence-corrected chi connectivity index (χ4v) is 6.81. The van der Waals surface area contributed by atoms with Crippen LogP contribution in [0.15, 0.2) is 18.2 Å². The first-order valence-electron chi connectivity index (χ1n) is 9.66. The van der Waals surface area contributed by atoms with Crippen LogP contribution in [-0.2, 0) is 16.0 Å². The number of esters is 1. The summed E-state index contributed by atoms with van der Waals surface area (Å²) in [6, 6.07) is 5.88. The highest BCUT2D eigenvalue weighted by Gasteiger charge is 2.64. The van der Waals surface area contributed by atoms with Crippen molar-refractivity contribution >= 4 is 5.97 Å². The number of rotatable bonds is 1. The Labute approximate surface area is 148 Å². The number of hydrogen-bond acceptors (Lipinski definition) is 4. The van der Waals surface area contributed by atoms with Gasteiger partial charge < -0.3 is 14.9 Å². The number of hydrogen-bond donors (Lipinski definition) is 2. The number of ether oxygens (including phenoxy) is 1. The van der Waals surface area contributed by atoms with Gasteiger partial charge in [-0.3, -0.25) is 4.79 Å². The molecule has 0 bridgehead atoms. The van der Waals surface area contributed by atoms with Gasteiger partial charge in [0, 0.05) is 11.3 Å². The van der Waals surface area contributed by atoms with E-state index in [0.29, 0.717) is 23.5 Å². The second-order valence-electron chi connectivity index (χ2n) is 8.89. The van der Waals surface area contributed by atoms with Crippen molar-refractivity contribution in [2.24, 2.45) is 29.1 Å². The highest BCUT2D eigenvalue weighted by molar-refractivity contribution is 5.76. The molecule has 2 N–H and O–H groups in total. The second kappa shape index (κ2) is 5.23. The van der Waals surface area contributed by atoms with Gasteiger partial charge in [0.15, 0.2) is 0 Å². The van der Waals surface area contributed by atoms with Crippen LogP contribution in [0.2, 0.25) is 0 Å². The molecule has 1 saturated heterocycles. The summed E-state index contributed by atoms with van der Waals surface area (Å²) in [5.74, 6) is 1.79. The van der Waals surface area contributed by atoms with Gasteiger partial charge >= 0.3 is 5.97 Å². The van der Waals surface area contributed by atoms with E-state index >= 15 is 0 Å². The molecule has 0 radical (unpaired) electrons. The Morgan fingerprint density at radius 3 is 2.92 bits per heavy atom. The number of phenols is 1. The minimum absolute atomic E-state index is 0.00989. The van der Waals surface area contributed by atoms with Gasteiger partial charge in [-0.05, 0) is 73.1 Å². The third-order valence-corrected chi connectivity index (χ3v) is 7.97. The van der Waals surface area contributed by atoms with Crippen molar-refractivity contribution in [2.45, 2.75) is 51.0 Å². The van der Waals surface area contributed by atoms with E-state index in [1.807, 2.05) is 12.1 Å². The Morgan fingerprint density at radius 1 is 1.28 bits per heavy atom. The van der Waals surface area contributed by atoms with Gasteiger partial charge in [-0.2, -0.15) is 0 Å². The lowest BCUT2D eigenvalue weighted by Gasteiger charge is -2.50. The van der Waals surface area contributed by atoms with Crippen molar-refractivity contribution in [2.75, 3.05) is 6.61 Å². The fraction of sp³-hybridized carbons (Fsp3) is 0.667. The third-order valence-electron chi connectivity index (χ3n) is 7.97. The van der Waals surface area contributed by atoms with Gasteiger partial charge in [0.05, 0.1) is 12.5 Å². The van der Waals surface area contributed by atoms with Crippen LogP contribution in [0.1, 0.15) is 49.7 Å². The lowest BCUT2D eigenvalue weighted by atomic mass is 9.55. The van der Waals surface area contributed by atoms with E-state index in [2.05, 4.69) is 13.0 Å². The summed E-state index contributed by atoms with van der Waals surface area (Å²) in [7, 11) is 0. The second-order valence-corrected chi connectivity index (χ2v) is 8.89. The van der Waals surface area contributed by atoms with Crippen molar-refractivity contribution in [3.63, 3.8) is 0 Å². The summed E-state index contributed by atoms with van der Waals surface area (Å²) < 4.78 is 5.79. The summed E-state index contributed by atoms with van der Waals surface area (Å²) in [4.78, 5) is 12.1. The normalized spacial score (nSPS) is 44.5.